The minimum absolute atomic E-state index is 0.0912. The van der Waals surface area contributed by atoms with E-state index in [9.17, 15) is 9.59 Å². The highest BCUT2D eigenvalue weighted by atomic mass is 35.5. The summed E-state index contributed by atoms with van der Waals surface area (Å²) >= 11 is 12.1. The number of rotatable bonds is 5. The topological polar surface area (TPSA) is 49.4 Å². The Bertz CT molecular complexity index is 896. The Kier molecular flexibility index (Phi) is 6.19. The molecule has 1 N–H and O–H groups in total. The van der Waals surface area contributed by atoms with E-state index in [1.807, 2.05) is 36.4 Å². The summed E-state index contributed by atoms with van der Waals surface area (Å²) in [6, 6.07) is 12.8. The summed E-state index contributed by atoms with van der Waals surface area (Å²) in [7, 11) is 0. The number of carbonyl (C=O) groups is 2. The molecule has 0 radical (unpaired) electrons. The third-order valence-electron chi connectivity index (χ3n) is 4.58. The number of nitrogens with one attached hydrogen (secondary N) is 1. The van der Waals surface area contributed by atoms with Crippen LogP contribution in [0.5, 0.6) is 0 Å². The van der Waals surface area contributed by atoms with Crippen LogP contribution in [0.1, 0.15) is 36.1 Å². The first-order valence-electron chi connectivity index (χ1n) is 8.72. The van der Waals surface area contributed by atoms with Gasteiger partial charge in [-0.2, -0.15) is 0 Å². The molecule has 140 valence electrons. The van der Waals surface area contributed by atoms with Crippen molar-refractivity contribution in [3.63, 3.8) is 0 Å². The molecule has 0 fully saturated rings. The highest BCUT2D eigenvalue weighted by Gasteiger charge is 2.27. The minimum Gasteiger partial charge on any atom is -0.356 e. The van der Waals surface area contributed by atoms with E-state index < -0.39 is 0 Å². The molecule has 0 aliphatic carbocycles. The van der Waals surface area contributed by atoms with Crippen LogP contribution in [0.3, 0.4) is 0 Å². The molecule has 0 unspecified atom stereocenters. The zero-order valence-corrected chi connectivity index (χ0v) is 16.4. The van der Waals surface area contributed by atoms with Gasteiger partial charge in [0, 0.05) is 29.7 Å². The molecule has 3 rings (SSSR count). The fourth-order valence-electron chi connectivity index (χ4n) is 3.22. The highest BCUT2D eigenvalue weighted by Crippen LogP contribution is 2.32. The van der Waals surface area contributed by atoms with Gasteiger partial charge in [-0.1, -0.05) is 53.5 Å². The van der Waals surface area contributed by atoms with Crippen LogP contribution in [-0.2, 0) is 16.0 Å². The van der Waals surface area contributed by atoms with Gasteiger partial charge in [0.2, 0.25) is 11.8 Å². The SMILES string of the molecule is CC(=O)N1C=Cc2ccccc2[C@@H]1CC(=O)NCCc1ccc(Cl)cc1Cl. The van der Waals surface area contributed by atoms with E-state index in [0.29, 0.717) is 23.0 Å². The monoisotopic (exact) mass is 402 g/mol. The number of amides is 2. The molecule has 0 aromatic heterocycles. The van der Waals surface area contributed by atoms with Crippen LogP contribution in [0.15, 0.2) is 48.7 Å². The van der Waals surface area contributed by atoms with Crippen molar-refractivity contribution in [2.75, 3.05) is 6.54 Å². The van der Waals surface area contributed by atoms with E-state index in [1.165, 1.54) is 6.92 Å². The molecule has 2 aromatic carbocycles. The first-order chi connectivity index (χ1) is 13.0. The van der Waals surface area contributed by atoms with Crippen LogP contribution in [0, 0.1) is 0 Å². The molecule has 1 aliphatic heterocycles. The van der Waals surface area contributed by atoms with Gasteiger partial charge in [0.15, 0.2) is 0 Å². The van der Waals surface area contributed by atoms with Crippen molar-refractivity contribution in [3.8, 4) is 0 Å². The van der Waals surface area contributed by atoms with Crippen molar-refractivity contribution < 1.29 is 9.59 Å². The van der Waals surface area contributed by atoms with Crippen molar-refractivity contribution >= 4 is 41.1 Å². The van der Waals surface area contributed by atoms with Gasteiger partial charge in [-0.3, -0.25) is 9.59 Å². The summed E-state index contributed by atoms with van der Waals surface area (Å²) in [5.41, 5.74) is 2.93. The summed E-state index contributed by atoms with van der Waals surface area (Å²) in [5.74, 6) is -0.201. The second-order valence-corrected chi connectivity index (χ2v) is 7.27. The minimum atomic E-state index is -0.303. The van der Waals surface area contributed by atoms with Crippen LogP contribution in [-0.4, -0.2) is 23.3 Å². The van der Waals surface area contributed by atoms with Crippen molar-refractivity contribution in [3.05, 3.63) is 75.4 Å². The standard InChI is InChI=1S/C21H20Cl2N2O2/c1-14(26)25-11-9-15-4-2-3-5-18(15)20(25)13-21(27)24-10-8-16-6-7-17(22)12-19(16)23/h2-7,9,11-12,20H,8,10,13H2,1H3,(H,24,27)/t20-/m0/s1. The van der Waals surface area contributed by atoms with E-state index in [1.54, 1.807) is 23.2 Å². The summed E-state index contributed by atoms with van der Waals surface area (Å²) in [4.78, 5) is 26.1. The molecule has 0 spiro atoms. The maximum atomic E-state index is 12.5. The number of halogens is 2. The molecule has 1 heterocycles. The molecule has 4 nitrogen and oxygen atoms in total. The molecular weight excluding hydrogens is 383 g/mol. The van der Waals surface area contributed by atoms with Crippen LogP contribution in [0.4, 0.5) is 0 Å². The molecular formula is C21H20Cl2N2O2. The van der Waals surface area contributed by atoms with Crippen molar-refractivity contribution in [1.29, 1.82) is 0 Å². The lowest BCUT2D eigenvalue weighted by Gasteiger charge is -2.32. The summed E-state index contributed by atoms with van der Waals surface area (Å²) < 4.78 is 0. The number of hydrogen-bond acceptors (Lipinski definition) is 2. The summed E-state index contributed by atoms with van der Waals surface area (Å²) in [5, 5.41) is 4.09. The smallest absolute Gasteiger partial charge is 0.223 e. The zero-order valence-electron chi connectivity index (χ0n) is 14.9. The van der Waals surface area contributed by atoms with Crippen LogP contribution in [0.25, 0.3) is 6.08 Å². The van der Waals surface area contributed by atoms with Crippen molar-refractivity contribution in [2.45, 2.75) is 25.8 Å². The second kappa shape index (κ2) is 8.59. The predicted molar refractivity (Wildman–Crippen MR) is 109 cm³/mol. The van der Waals surface area contributed by atoms with Crippen LogP contribution >= 0.6 is 23.2 Å². The quantitative estimate of drug-likeness (QED) is 0.792. The third-order valence-corrected chi connectivity index (χ3v) is 5.17. The first kappa shape index (κ1) is 19.5. The van der Waals surface area contributed by atoms with Gasteiger partial charge in [-0.05, 0) is 41.3 Å². The lowest BCUT2D eigenvalue weighted by atomic mass is 9.93. The number of nitrogens with zero attached hydrogens (tertiary/aromatic N) is 1. The molecule has 2 amide bonds. The van der Waals surface area contributed by atoms with Gasteiger partial charge in [-0.15, -0.1) is 0 Å². The fraction of sp³-hybridized carbons (Fsp3) is 0.238. The first-order valence-corrected chi connectivity index (χ1v) is 9.48. The van der Waals surface area contributed by atoms with Gasteiger partial charge in [-0.25, -0.2) is 0 Å². The maximum Gasteiger partial charge on any atom is 0.223 e. The van der Waals surface area contributed by atoms with Crippen LogP contribution < -0.4 is 5.32 Å². The maximum absolute atomic E-state index is 12.5. The van der Waals surface area contributed by atoms with Gasteiger partial charge >= 0.3 is 0 Å². The number of carbonyl (C=O) groups excluding carboxylic acids is 2. The summed E-state index contributed by atoms with van der Waals surface area (Å²) in [6.45, 7) is 1.97. The zero-order chi connectivity index (χ0) is 19.4. The van der Waals surface area contributed by atoms with Crippen molar-refractivity contribution in [2.24, 2.45) is 0 Å². The molecule has 0 bridgehead atoms. The molecule has 0 saturated carbocycles. The lowest BCUT2D eigenvalue weighted by molar-refractivity contribution is -0.129. The lowest BCUT2D eigenvalue weighted by Crippen LogP contribution is -2.35. The van der Waals surface area contributed by atoms with Crippen molar-refractivity contribution in [1.82, 2.24) is 10.2 Å². The Balaban J connectivity index is 1.63. The van der Waals surface area contributed by atoms with E-state index in [-0.39, 0.29) is 24.3 Å². The Labute approximate surface area is 168 Å². The Hall–Kier alpha value is -2.30. The second-order valence-electron chi connectivity index (χ2n) is 6.43. The number of fused-ring (bicyclic) bond motifs is 1. The average Bonchev–Trinajstić information content (AvgIpc) is 2.63. The molecule has 6 heteroatoms. The van der Waals surface area contributed by atoms with Gasteiger partial charge in [0.25, 0.3) is 0 Å². The van der Waals surface area contributed by atoms with Crippen LogP contribution in [0.2, 0.25) is 10.0 Å². The molecule has 27 heavy (non-hydrogen) atoms. The summed E-state index contributed by atoms with van der Waals surface area (Å²) in [6.07, 6.45) is 4.46. The molecule has 1 atom stereocenters. The number of benzene rings is 2. The fourth-order valence-corrected chi connectivity index (χ4v) is 3.72. The van der Waals surface area contributed by atoms with Gasteiger partial charge < -0.3 is 10.2 Å². The molecule has 0 saturated heterocycles. The average molecular weight is 403 g/mol. The highest BCUT2D eigenvalue weighted by molar-refractivity contribution is 6.35. The predicted octanol–water partition coefficient (Wildman–Crippen LogP) is 4.62. The molecule has 1 aliphatic rings. The van der Waals surface area contributed by atoms with E-state index in [4.69, 9.17) is 23.2 Å². The van der Waals surface area contributed by atoms with Gasteiger partial charge in [0.05, 0.1) is 12.5 Å². The number of hydrogen-bond donors (Lipinski definition) is 1. The van der Waals surface area contributed by atoms with E-state index in [0.717, 1.165) is 16.7 Å². The van der Waals surface area contributed by atoms with E-state index in [2.05, 4.69) is 5.32 Å². The normalized spacial score (nSPS) is 15.4. The largest absolute Gasteiger partial charge is 0.356 e. The Morgan fingerprint density at radius 1 is 1.15 bits per heavy atom. The van der Waals surface area contributed by atoms with Gasteiger partial charge in [0.1, 0.15) is 0 Å². The third kappa shape index (κ3) is 4.71. The van der Waals surface area contributed by atoms with E-state index >= 15 is 0 Å². The molecule has 2 aromatic rings. The Morgan fingerprint density at radius 3 is 2.67 bits per heavy atom. The Morgan fingerprint density at radius 2 is 1.93 bits per heavy atom.